The van der Waals surface area contributed by atoms with E-state index in [1.54, 1.807) is 26.0 Å². The van der Waals surface area contributed by atoms with Crippen LogP contribution in [0.5, 0.6) is 0 Å². The Hall–Kier alpha value is -3.14. The average Bonchev–Trinajstić information content (AvgIpc) is 3.42. The molecule has 142 valence electrons. The van der Waals surface area contributed by atoms with Gasteiger partial charge >= 0.3 is 0 Å². The van der Waals surface area contributed by atoms with Crippen LogP contribution in [-0.4, -0.2) is 16.6 Å². The number of aliphatic imine (C=N–C) groups is 1. The molecular formula is C21H18F2N4O. The smallest absolute Gasteiger partial charge is 0.281 e. The maximum absolute atomic E-state index is 13.3. The highest BCUT2D eigenvalue weighted by Crippen LogP contribution is 2.38. The number of carbonyl (C=O) groups excluding carboxylic acids is 1. The van der Waals surface area contributed by atoms with Gasteiger partial charge in [0.25, 0.3) is 12.3 Å². The van der Waals surface area contributed by atoms with Crippen molar-refractivity contribution >= 4 is 17.3 Å². The van der Waals surface area contributed by atoms with Crippen molar-refractivity contribution in [2.45, 2.75) is 39.7 Å². The number of amides is 1. The average molecular weight is 380 g/mol. The fourth-order valence-electron chi connectivity index (χ4n) is 3.52. The molecule has 0 saturated heterocycles. The first-order valence-corrected chi connectivity index (χ1v) is 9.09. The number of pyridine rings is 1. The van der Waals surface area contributed by atoms with Crippen LogP contribution in [0.1, 0.15) is 63.3 Å². The Morgan fingerprint density at radius 3 is 2.68 bits per heavy atom. The molecule has 4 rings (SSSR count). The van der Waals surface area contributed by atoms with Gasteiger partial charge in [0.2, 0.25) is 0 Å². The molecule has 1 amide bonds. The number of nitrogens with zero attached hydrogens (tertiary/aromatic N) is 3. The SMILES string of the molecule is Cc1c(C(=O)Nc2ccc3c(c2)C(C2CC2)=NC3)nc(C(F)F)c(C#N)c1C. The maximum Gasteiger partial charge on any atom is 0.281 e. The van der Waals surface area contributed by atoms with Gasteiger partial charge in [0, 0.05) is 22.9 Å². The van der Waals surface area contributed by atoms with Crippen molar-refractivity contribution in [2.24, 2.45) is 10.9 Å². The molecule has 1 aliphatic carbocycles. The summed E-state index contributed by atoms with van der Waals surface area (Å²) in [6.45, 7) is 3.81. The Labute approximate surface area is 161 Å². The minimum Gasteiger partial charge on any atom is -0.321 e. The predicted molar refractivity (Wildman–Crippen MR) is 101 cm³/mol. The summed E-state index contributed by atoms with van der Waals surface area (Å²) in [5, 5.41) is 11.9. The lowest BCUT2D eigenvalue weighted by Crippen LogP contribution is -2.18. The second-order valence-electron chi connectivity index (χ2n) is 7.18. The standard InChI is InChI=1S/C21H18F2N4O/c1-10-11(2)17(27-19(20(22)23)16(10)8-24)21(28)26-14-6-5-13-9-25-18(12-3-4-12)15(13)7-14/h5-7,12,20H,3-4,9H2,1-2H3,(H,26,28). The number of rotatable bonds is 4. The van der Waals surface area contributed by atoms with Gasteiger partial charge in [-0.05, 0) is 55.5 Å². The van der Waals surface area contributed by atoms with E-state index >= 15 is 0 Å². The summed E-state index contributed by atoms with van der Waals surface area (Å²) in [7, 11) is 0. The molecule has 1 aromatic carbocycles. The van der Waals surface area contributed by atoms with Crippen molar-refractivity contribution in [3.05, 3.63) is 57.4 Å². The summed E-state index contributed by atoms with van der Waals surface area (Å²) >= 11 is 0. The van der Waals surface area contributed by atoms with Gasteiger partial charge in [0.05, 0.1) is 12.1 Å². The Kier molecular flexibility index (Phi) is 4.42. The number of nitrogens with one attached hydrogen (secondary N) is 1. The molecule has 5 nitrogen and oxygen atoms in total. The molecule has 0 atom stereocenters. The van der Waals surface area contributed by atoms with E-state index in [1.165, 1.54) is 0 Å². The zero-order chi connectivity index (χ0) is 20.0. The molecule has 1 aromatic heterocycles. The first-order valence-electron chi connectivity index (χ1n) is 9.09. The number of alkyl halides is 2. The summed E-state index contributed by atoms with van der Waals surface area (Å²) in [6, 6.07) is 7.36. The largest absolute Gasteiger partial charge is 0.321 e. The van der Waals surface area contributed by atoms with Crippen LogP contribution in [0.15, 0.2) is 23.2 Å². The number of fused-ring (bicyclic) bond motifs is 1. The molecule has 28 heavy (non-hydrogen) atoms. The summed E-state index contributed by atoms with van der Waals surface area (Å²) in [4.78, 5) is 21.2. The van der Waals surface area contributed by atoms with E-state index in [-0.39, 0.29) is 11.3 Å². The quantitative estimate of drug-likeness (QED) is 0.850. The molecule has 1 saturated carbocycles. The number of benzene rings is 1. The lowest BCUT2D eigenvalue weighted by molar-refractivity contribution is 0.101. The molecule has 2 aromatic rings. The zero-order valence-electron chi connectivity index (χ0n) is 15.5. The van der Waals surface area contributed by atoms with Crippen LogP contribution >= 0.6 is 0 Å². The highest BCUT2D eigenvalue weighted by Gasteiger charge is 2.32. The summed E-state index contributed by atoms with van der Waals surface area (Å²) < 4.78 is 26.6. The number of hydrogen-bond donors (Lipinski definition) is 1. The normalized spacial score (nSPS) is 15.2. The van der Waals surface area contributed by atoms with E-state index in [0.29, 0.717) is 29.3 Å². The van der Waals surface area contributed by atoms with E-state index in [9.17, 15) is 13.6 Å². The number of nitriles is 1. The molecule has 0 bridgehead atoms. The first-order chi connectivity index (χ1) is 13.4. The van der Waals surface area contributed by atoms with Crippen LogP contribution in [0, 0.1) is 31.1 Å². The predicted octanol–water partition coefficient (Wildman–Crippen LogP) is 4.47. The van der Waals surface area contributed by atoms with Gasteiger partial charge in [-0.25, -0.2) is 13.8 Å². The highest BCUT2D eigenvalue weighted by atomic mass is 19.3. The third kappa shape index (κ3) is 3.05. The number of hydrogen-bond acceptors (Lipinski definition) is 4. The number of aromatic nitrogens is 1. The third-order valence-corrected chi connectivity index (χ3v) is 5.34. The molecule has 0 spiro atoms. The van der Waals surface area contributed by atoms with E-state index < -0.39 is 18.0 Å². The fourth-order valence-corrected chi connectivity index (χ4v) is 3.52. The van der Waals surface area contributed by atoms with Gasteiger partial charge in [0.1, 0.15) is 17.5 Å². The maximum atomic E-state index is 13.3. The van der Waals surface area contributed by atoms with Crippen LogP contribution < -0.4 is 5.32 Å². The van der Waals surface area contributed by atoms with Gasteiger partial charge in [-0.15, -0.1) is 0 Å². The Morgan fingerprint density at radius 1 is 1.29 bits per heavy atom. The zero-order valence-corrected chi connectivity index (χ0v) is 15.5. The summed E-state index contributed by atoms with van der Waals surface area (Å²) in [6.07, 6.45) is -0.657. The number of carbonyl (C=O) groups is 1. The van der Waals surface area contributed by atoms with Gasteiger partial charge in [-0.2, -0.15) is 5.26 Å². The van der Waals surface area contributed by atoms with Crippen LogP contribution in [0.3, 0.4) is 0 Å². The fraction of sp³-hybridized carbons (Fsp3) is 0.333. The second kappa shape index (κ2) is 6.79. The topological polar surface area (TPSA) is 78.1 Å². The molecule has 2 aliphatic rings. The first kappa shape index (κ1) is 18.2. The van der Waals surface area contributed by atoms with E-state index in [4.69, 9.17) is 5.26 Å². The van der Waals surface area contributed by atoms with Crippen molar-refractivity contribution in [2.75, 3.05) is 5.32 Å². The van der Waals surface area contributed by atoms with Crippen molar-refractivity contribution in [3.63, 3.8) is 0 Å². The van der Waals surface area contributed by atoms with Gasteiger partial charge in [0.15, 0.2) is 0 Å². The molecule has 1 N–H and O–H groups in total. The minimum atomic E-state index is -2.93. The minimum absolute atomic E-state index is 0.0941. The lowest BCUT2D eigenvalue weighted by atomic mass is 10.00. The molecule has 1 aliphatic heterocycles. The van der Waals surface area contributed by atoms with Crippen molar-refractivity contribution in [3.8, 4) is 6.07 Å². The Morgan fingerprint density at radius 2 is 2.04 bits per heavy atom. The highest BCUT2D eigenvalue weighted by molar-refractivity contribution is 6.09. The van der Waals surface area contributed by atoms with Crippen LogP contribution in [0.25, 0.3) is 0 Å². The summed E-state index contributed by atoms with van der Waals surface area (Å²) in [5.74, 6) is -0.0688. The molecular weight excluding hydrogens is 362 g/mol. The van der Waals surface area contributed by atoms with Gasteiger partial charge < -0.3 is 5.32 Å². The monoisotopic (exact) mass is 380 g/mol. The molecule has 0 unspecified atom stereocenters. The van der Waals surface area contributed by atoms with Crippen LogP contribution in [0.2, 0.25) is 0 Å². The van der Waals surface area contributed by atoms with Crippen molar-refractivity contribution < 1.29 is 13.6 Å². The summed E-state index contributed by atoms with van der Waals surface area (Å²) in [5.41, 5.74) is 3.67. The molecule has 0 radical (unpaired) electrons. The van der Waals surface area contributed by atoms with Crippen LogP contribution in [0.4, 0.5) is 14.5 Å². The third-order valence-electron chi connectivity index (χ3n) is 5.34. The van der Waals surface area contributed by atoms with Crippen molar-refractivity contribution in [1.82, 2.24) is 4.98 Å². The number of halogens is 2. The van der Waals surface area contributed by atoms with Crippen molar-refractivity contribution in [1.29, 1.82) is 5.26 Å². The van der Waals surface area contributed by atoms with E-state index in [2.05, 4.69) is 15.3 Å². The molecule has 2 heterocycles. The second-order valence-corrected chi connectivity index (χ2v) is 7.18. The van der Waals surface area contributed by atoms with E-state index in [0.717, 1.165) is 29.7 Å². The van der Waals surface area contributed by atoms with E-state index in [1.807, 2.05) is 12.1 Å². The van der Waals surface area contributed by atoms with Gasteiger partial charge in [-0.3, -0.25) is 9.79 Å². The Balaban J connectivity index is 1.66. The van der Waals surface area contributed by atoms with Gasteiger partial charge in [-0.1, -0.05) is 6.07 Å². The lowest BCUT2D eigenvalue weighted by Gasteiger charge is -2.14. The number of anilines is 1. The Bertz CT molecular complexity index is 1070. The molecule has 1 fully saturated rings. The van der Waals surface area contributed by atoms with Crippen LogP contribution in [-0.2, 0) is 6.54 Å². The molecule has 7 heteroatoms.